The molecule has 7 nitrogen and oxygen atoms in total. The summed E-state index contributed by atoms with van der Waals surface area (Å²) >= 11 is 0. The third kappa shape index (κ3) is 4.64. The van der Waals surface area contributed by atoms with Gasteiger partial charge in [0.25, 0.3) is 5.91 Å². The number of pyridine rings is 1. The summed E-state index contributed by atoms with van der Waals surface area (Å²) in [6, 6.07) is 8.32. The first-order valence-electron chi connectivity index (χ1n) is 8.76. The van der Waals surface area contributed by atoms with Crippen molar-refractivity contribution in [1.29, 1.82) is 0 Å². The zero-order valence-corrected chi connectivity index (χ0v) is 17.2. The predicted molar refractivity (Wildman–Crippen MR) is 108 cm³/mol. The molecule has 0 aliphatic rings. The molecule has 0 aliphatic carbocycles. The zero-order chi connectivity index (χ0) is 20.2. The molecule has 1 aromatic heterocycles. The Bertz CT molecular complexity index is 905. The van der Waals surface area contributed by atoms with Crippen LogP contribution < -0.4 is 10.2 Å². The van der Waals surface area contributed by atoms with Crippen LogP contribution >= 0.6 is 0 Å². The van der Waals surface area contributed by atoms with Crippen molar-refractivity contribution in [2.45, 2.75) is 25.7 Å². The van der Waals surface area contributed by atoms with E-state index in [1.807, 2.05) is 19.0 Å². The van der Waals surface area contributed by atoms with Crippen molar-refractivity contribution in [1.82, 2.24) is 9.29 Å². The minimum atomic E-state index is -3.61. The summed E-state index contributed by atoms with van der Waals surface area (Å²) < 4.78 is 27.0. The number of aryl methyl sites for hydroxylation is 1. The molecule has 1 N–H and O–H groups in total. The van der Waals surface area contributed by atoms with E-state index in [9.17, 15) is 13.2 Å². The minimum absolute atomic E-state index is 0.199. The van der Waals surface area contributed by atoms with Gasteiger partial charge >= 0.3 is 0 Å². The largest absolute Gasteiger partial charge is 0.363 e. The molecule has 0 fully saturated rings. The second-order valence-electron chi connectivity index (χ2n) is 6.32. The molecule has 1 aromatic carbocycles. The molecule has 1 heterocycles. The van der Waals surface area contributed by atoms with E-state index in [-0.39, 0.29) is 10.8 Å². The average Bonchev–Trinajstić information content (AvgIpc) is 2.64. The number of nitrogens with zero attached hydrogens (tertiary/aromatic N) is 3. The molecule has 1 amide bonds. The standard InChI is InChI=1S/C19H26N4O3S/c1-6-23(7-2)27(25,26)17-12-16(10-8-14(17)3)21-19(24)15-9-11-18(20-13-15)22(4)5/h8-13H,6-7H2,1-5H3,(H,21,24). The minimum Gasteiger partial charge on any atom is -0.363 e. The zero-order valence-electron chi connectivity index (χ0n) is 16.4. The van der Waals surface area contributed by atoms with Crippen molar-refractivity contribution in [3.8, 4) is 0 Å². The Kier molecular flexibility index (Phi) is 6.56. The van der Waals surface area contributed by atoms with E-state index in [2.05, 4.69) is 10.3 Å². The molecule has 0 aliphatic heterocycles. The maximum absolute atomic E-state index is 12.8. The first-order chi connectivity index (χ1) is 12.7. The van der Waals surface area contributed by atoms with E-state index in [4.69, 9.17) is 0 Å². The van der Waals surface area contributed by atoms with Gasteiger partial charge in [-0.15, -0.1) is 0 Å². The molecule has 8 heteroatoms. The van der Waals surface area contributed by atoms with E-state index in [0.29, 0.717) is 29.9 Å². The van der Waals surface area contributed by atoms with E-state index in [1.54, 1.807) is 45.0 Å². The molecule has 2 aromatic rings. The highest BCUT2D eigenvalue weighted by molar-refractivity contribution is 7.89. The van der Waals surface area contributed by atoms with Gasteiger partial charge in [-0.05, 0) is 36.8 Å². The van der Waals surface area contributed by atoms with Crippen molar-refractivity contribution in [2.75, 3.05) is 37.4 Å². The summed E-state index contributed by atoms with van der Waals surface area (Å²) in [6.45, 7) is 6.11. The predicted octanol–water partition coefficient (Wildman–Crippen LogP) is 2.74. The molecular formula is C19H26N4O3S. The maximum Gasteiger partial charge on any atom is 0.257 e. The molecule has 0 saturated heterocycles. The topological polar surface area (TPSA) is 82.6 Å². The van der Waals surface area contributed by atoms with Crippen LogP contribution in [0.5, 0.6) is 0 Å². The number of sulfonamides is 1. The van der Waals surface area contributed by atoms with Crippen molar-refractivity contribution < 1.29 is 13.2 Å². The molecule has 0 unspecified atom stereocenters. The Hall–Kier alpha value is -2.45. The summed E-state index contributed by atoms with van der Waals surface area (Å²) in [5.41, 5.74) is 1.46. The van der Waals surface area contributed by atoms with Crippen LogP contribution in [0.25, 0.3) is 0 Å². The fraction of sp³-hybridized carbons (Fsp3) is 0.368. The molecule has 0 spiro atoms. The van der Waals surface area contributed by atoms with Crippen molar-refractivity contribution >= 4 is 27.4 Å². The van der Waals surface area contributed by atoms with Gasteiger partial charge in [0.1, 0.15) is 5.82 Å². The summed E-state index contributed by atoms with van der Waals surface area (Å²) in [5.74, 6) is 0.400. The van der Waals surface area contributed by atoms with Gasteiger partial charge in [0.05, 0.1) is 10.5 Å². The Morgan fingerprint density at radius 2 is 1.78 bits per heavy atom. The van der Waals surface area contributed by atoms with E-state index in [1.165, 1.54) is 16.6 Å². The fourth-order valence-corrected chi connectivity index (χ4v) is 4.36. The van der Waals surface area contributed by atoms with Gasteiger partial charge in [-0.3, -0.25) is 4.79 Å². The molecule has 146 valence electrons. The average molecular weight is 391 g/mol. The first kappa shape index (κ1) is 20.9. The first-order valence-corrected chi connectivity index (χ1v) is 10.2. The lowest BCUT2D eigenvalue weighted by atomic mass is 10.2. The second-order valence-corrected chi connectivity index (χ2v) is 8.23. The fourth-order valence-electron chi connectivity index (χ4n) is 2.65. The molecule has 0 saturated carbocycles. The normalized spacial score (nSPS) is 11.5. The smallest absolute Gasteiger partial charge is 0.257 e. The van der Waals surface area contributed by atoms with Gasteiger partial charge in [-0.25, -0.2) is 13.4 Å². The van der Waals surface area contributed by atoms with Crippen LogP contribution in [0, 0.1) is 6.92 Å². The van der Waals surface area contributed by atoms with Crippen molar-refractivity contribution in [3.05, 3.63) is 47.7 Å². The van der Waals surface area contributed by atoms with E-state index in [0.717, 1.165) is 5.82 Å². The van der Waals surface area contributed by atoms with Crippen LogP contribution in [-0.4, -0.2) is 50.8 Å². The summed E-state index contributed by atoms with van der Waals surface area (Å²) in [7, 11) is 0.129. The van der Waals surface area contributed by atoms with E-state index < -0.39 is 10.0 Å². The second kappa shape index (κ2) is 8.49. The Balaban J connectivity index is 2.29. The van der Waals surface area contributed by atoms with Crippen LogP contribution in [0.4, 0.5) is 11.5 Å². The highest BCUT2D eigenvalue weighted by Crippen LogP contribution is 2.24. The molecular weight excluding hydrogens is 364 g/mol. The number of carbonyl (C=O) groups is 1. The lowest BCUT2D eigenvalue weighted by Gasteiger charge is -2.20. The molecule has 27 heavy (non-hydrogen) atoms. The monoisotopic (exact) mass is 390 g/mol. The number of rotatable bonds is 7. The Morgan fingerprint density at radius 1 is 1.11 bits per heavy atom. The Morgan fingerprint density at radius 3 is 2.30 bits per heavy atom. The van der Waals surface area contributed by atoms with Gasteiger partial charge in [0, 0.05) is 39.1 Å². The number of carbonyl (C=O) groups excluding carboxylic acids is 1. The maximum atomic E-state index is 12.8. The Labute approximate surface area is 161 Å². The van der Waals surface area contributed by atoms with Gasteiger partial charge in [0.2, 0.25) is 10.0 Å². The van der Waals surface area contributed by atoms with Gasteiger partial charge in [-0.2, -0.15) is 4.31 Å². The summed E-state index contributed by atoms with van der Waals surface area (Å²) in [4.78, 5) is 18.7. The number of benzene rings is 1. The summed E-state index contributed by atoms with van der Waals surface area (Å²) in [5, 5.41) is 2.75. The summed E-state index contributed by atoms with van der Waals surface area (Å²) in [6.07, 6.45) is 1.49. The number of anilines is 2. The van der Waals surface area contributed by atoms with Gasteiger partial charge in [-0.1, -0.05) is 19.9 Å². The molecule has 0 bridgehead atoms. The van der Waals surface area contributed by atoms with Crippen molar-refractivity contribution in [2.24, 2.45) is 0 Å². The number of aromatic nitrogens is 1. The van der Waals surface area contributed by atoms with Crippen molar-refractivity contribution in [3.63, 3.8) is 0 Å². The molecule has 0 radical (unpaired) electrons. The third-order valence-corrected chi connectivity index (χ3v) is 6.43. The van der Waals surface area contributed by atoms with Crippen LogP contribution in [0.1, 0.15) is 29.8 Å². The number of hydrogen-bond donors (Lipinski definition) is 1. The molecule has 2 rings (SSSR count). The number of amides is 1. The number of nitrogens with one attached hydrogen (secondary N) is 1. The quantitative estimate of drug-likeness (QED) is 0.786. The van der Waals surface area contributed by atoms with Gasteiger partial charge in [0.15, 0.2) is 0 Å². The van der Waals surface area contributed by atoms with Crippen LogP contribution in [0.2, 0.25) is 0 Å². The van der Waals surface area contributed by atoms with Crippen LogP contribution in [0.3, 0.4) is 0 Å². The molecule has 0 atom stereocenters. The van der Waals surface area contributed by atoms with E-state index >= 15 is 0 Å². The van der Waals surface area contributed by atoms with Crippen LogP contribution in [0.15, 0.2) is 41.4 Å². The third-order valence-electron chi connectivity index (χ3n) is 4.24. The highest BCUT2D eigenvalue weighted by atomic mass is 32.2. The van der Waals surface area contributed by atoms with Crippen LogP contribution in [-0.2, 0) is 10.0 Å². The lowest BCUT2D eigenvalue weighted by molar-refractivity contribution is 0.102. The lowest BCUT2D eigenvalue weighted by Crippen LogP contribution is -2.31. The SMILES string of the molecule is CCN(CC)S(=O)(=O)c1cc(NC(=O)c2ccc(N(C)C)nc2)ccc1C. The van der Waals surface area contributed by atoms with Gasteiger partial charge < -0.3 is 10.2 Å². The number of hydrogen-bond acceptors (Lipinski definition) is 5. The highest BCUT2D eigenvalue weighted by Gasteiger charge is 2.24.